The van der Waals surface area contributed by atoms with Crippen molar-refractivity contribution >= 4 is 11.8 Å². The molecule has 0 saturated carbocycles. The van der Waals surface area contributed by atoms with Crippen molar-refractivity contribution in [3.8, 4) is 0 Å². The van der Waals surface area contributed by atoms with E-state index in [1.807, 2.05) is 16.7 Å². The van der Waals surface area contributed by atoms with Crippen LogP contribution in [-0.4, -0.2) is 25.4 Å². The summed E-state index contributed by atoms with van der Waals surface area (Å²) in [6, 6.07) is 18.0. The molecule has 1 fully saturated rings. The van der Waals surface area contributed by atoms with Gasteiger partial charge in [-0.2, -0.15) is 0 Å². The van der Waals surface area contributed by atoms with E-state index in [2.05, 4.69) is 61.5 Å². The van der Waals surface area contributed by atoms with Crippen LogP contribution in [0.3, 0.4) is 0 Å². The second-order valence-electron chi connectivity index (χ2n) is 8.67. The first-order chi connectivity index (χ1) is 13.8. The lowest BCUT2D eigenvalue weighted by Gasteiger charge is -2.29. The van der Waals surface area contributed by atoms with Crippen LogP contribution in [0.2, 0.25) is 0 Å². The smallest absolute Gasteiger partial charge is 0.0806 e. The number of rotatable bonds is 5. The molecule has 0 aromatic heterocycles. The summed E-state index contributed by atoms with van der Waals surface area (Å²) in [6.45, 7) is 6.25. The molecular weight excluding hydrogens is 358 g/mol. The van der Waals surface area contributed by atoms with Crippen LogP contribution in [0.1, 0.15) is 42.4 Å². The molecule has 28 heavy (non-hydrogen) atoms. The summed E-state index contributed by atoms with van der Waals surface area (Å²) in [5.74, 6) is 2.13. The van der Waals surface area contributed by atoms with Gasteiger partial charge in [0.15, 0.2) is 0 Å². The van der Waals surface area contributed by atoms with Crippen LogP contribution in [0.15, 0.2) is 65.1 Å². The minimum absolute atomic E-state index is 0.892. The monoisotopic (exact) mass is 392 g/mol. The third-order valence-electron chi connectivity index (χ3n) is 6.42. The summed E-state index contributed by atoms with van der Waals surface area (Å²) < 4.78 is 0. The fourth-order valence-electron chi connectivity index (χ4n) is 4.75. The largest absolute Gasteiger partial charge is 0.335 e. The van der Waals surface area contributed by atoms with Gasteiger partial charge < -0.3 is 4.90 Å². The van der Waals surface area contributed by atoms with Crippen LogP contribution < -0.4 is 4.90 Å². The van der Waals surface area contributed by atoms with Gasteiger partial charge in [-0.1, -0.05) is 59.7 Å². The first-order valence-electron chi connectivity index (χ1n) is 11.0. The van der Waals surface area contributed by atoms with Crippen LogP contribution in [0, 0.1) is 12.8 Å². The first-order valence-corrected chi connectivity index (χ1v) is 12.0. The molecule has 0 radical (unpaired) electrons. The molecule has 0 amide bonds. The van der Waals surface area contributed by atoms with Crippen LogP contribution in [0.5, 0.6) is 0 Å². The number of quaternary nitrogens is 1. The lowest BCUT2D eigenvalue weighted by Crippen LogP contribution is -3.13. The highest BCUT2D eigenvalue weighted by atomic mass is 32.2. The van der Waals surface area contributed by atoms with Crippen molar-refractivity contribution in [1.82, 2.24) is 0 Å². The van der Waals surface area contributed by atoms with Crippen LogP contribution in [0.25, 0.3) is 0 Å². The van der Waals surface area contributed by atoms with Gasteiger partial charge in [-0.3, -0.25) is 0 Å². The van der Waals surface area contributed by atoms with E-state index in [9.17, 15) is 0 Å². The van der Waals surface area contributed by atoms with E-state index in [4.69, 9.17) is 0 Å². The molecule has 2 aromatic rings. The summed E-state index contributed by atoms with van der Waals surface area (Å²) >= 11 is 2.04. The first kappa shape index (κ1) is 19.8. The Morgan fingerprint density at radius 3 is 2.71 bits per heavy atom. The zero-order valence-electron chi connectivity index (χ0n) is 17.3. The Morgan fingerprint density at radius 1 is 1.07 bits per heavy atom. The third kappa shape index (κ3) is 5.52. The fourth-order valence-corrected chi connectivity index (χ4v) is 5.82. The van der Waals surface area contributed by atoms with Crippen molar-refractivity contribution in [3.63, 3.8) is 0 Å². The van der Waals surface area contributed by atoms with E-state index >= 15 is 0 Å². The minimum atomic E-state index is 0.892. The maximum Gasteiger partial charge on any atom is 0.0806 e. The van der Waals surface area contributed by atoms with Gasteiger partial charge in [-0.05, 0) is 62.1 Å². The zero-order chi connectivity index (χ0) is 19.2. The molecule has 2 heteroatoms. The lowest BCUT2D eigenvalue weighted by atomic mass is 9.90. The van der Waals surface area contributed by atoms with Gasteiger partial charge in [0.25, 0.3) is 0 Å². The number of nitrogens with one attached hydrogen (secondary N) is 1. The number of thioether (sulfide) groups is 1. The topological polar surface area (TPSA) is 4.44 Å². The number of fused-ring (bicyclic) bond motifs is 1. The Balaban J connectivity index is 1.23. The van der Waals surface area contributed by atoms with Crippen molar-refractivity contribution in [2.75, 3.05) is 25.4 Å². The summed E-state index contributed by atoms with van der Waals surface area (Å²) in [6.07, 6.45) is 10.3. The van der Waals surface area contributed by atoms with Crippen LogP contribution in [-0.2, 0) is 12.8 Å². The Bertz CT molecular complexity index is 787. The van der Waals surface area contributed by atoms with E-state index in [1.165, 1.54) is 79.9 Å². The number of hydrogen-bond donors (Lipinski definition) is 1. The van der Waals surface area contributed by atoms with Crippen molar-refractivity contribution in [2.45, 2.75) is 50.3 Å². The van der Waals surface area contributed by atoms with Gasteiger partial charge >= 0.3 is 0 Å². The van der Waals surface area contributed by atoms with Gasteiger partial charge in [0.1, 0.15) is 0 Å². The highest BCUT2D eigenvalue weighted by Gasteiger charge is 2.21. The molecule has 148 valence electrons. The molecular formula is C26H34NS+. The maximum atomic E-state index is 2.57. The molecule has 2 aliphatic rings. The number of likely N-dealkylation sites (tertiary alicyclic amines) is 1. The lowest BCUT2D eigenvalue weighted by molar-refractivity contribution is -0.905. The average molecular weight is 393 g/mol. The number of hydrogen-bond acceptors (Lipinski definition) is 1. The minimum Gasteiger partial charge on any atom is -0.335 e. The van der Waals surface area contributed by atoms with Crippen LogP contribution >= 0.6 is 11.8 Å². The van der Waals surface area contributed by atoms with Crippen molar-refractivity contribution in [1.29, 1.82) is 0 Å². The van der Waals surface area contributed by atoms with Gasteiger partial charge in [-0.25, -0.2) is 0 Å². The molecule has 0 bridgehead atoms. The highest BCUT2D eigenvalue weighted by Crippen LogP contribution is 2.31. The number of benzene rings is 2. The van der Waals surface area contributed by atoms with Gasteiger partial charge in [-0.15, -0.1) is 11.8 Å². The fraction of sp³-hybridized carbons (Fsp3) is 0.462. The normalized spacial score (nSPS) is 24.0. The molecule has 0 unspecified atom stereocenters. The van der Waals surface area contributed by atoms with Gasteiger partial charge in [0.2, 0.25) is 0 Å². The maximum absolute atomic E-state index is 2.57. The molecule has 4 rings (SSSR count). The SMILES string of the molecule is Cc1ccc2c(c1)C/C(=C\CC[NH+]1CCC(Cc3ccccc3)CC1)CCS2. The second-order valence-corrected chi connectivity index (χ2v) is 9.81. The molecule has 1 N–H and O–H groups in total. The van der Waals surface area contributed by atoms with E-state index in [0.29, 0.717) is 0 Å². The highest BCUT2D eigenvalue weighted by molar-refractivity contribution is 7.99. The summed E-state index contributed by atoms with van der Waals surface area (Å²) in [5, 5.41) is 0. The third-order valence-corrected chi connectivity index (χ3v) is 7.54. The summed E-state index contributed by atoms with van der Waals surface area (Å²) in [7, 11) is 0. The Morgan fingerprint density at radius 2 is 1.89 bits per heavy atom. The van der Waals surface area contributed by atoms with E-state index in [0.717, 1.165) is 5.92 Å². The number of aryl methyl sites for hydroxylation is 1. The van der Waals surface area contributed by atoms with E-state index in [1.54, 1.807) is 11.1 Å². The van der Waals surface area contributed by atoms with Crippen molar-refractivity contribution in [3.05, 3.63) is 76.9 Å². The predicted molar refractivity (Wildman–Crippen MR) is 121 cm³/mol. The molecule has 0 atom stereocenters. The number of allylic oxidation sites excluding steroid dienone is 1. The number of piperidine rings is 1. The van der Waals surface area contributed by atoms with Crippen LogP contribution in [0.4, 0.5) is 0 Å². The summed E-state index contributed by atoms with van der Waals surface area (Å²) in [5.41, 5.74) is 6.11. The molecule has 1 saturated heterocycles. The Kier molecular flexibility index (Phi) is 6.93. The molecule has 0 spiro atoms. The van der Waals surface area contributed by atoms with Gasteiger partial charge in [0, 0.05) is 17.1 Å². The Labute approximate surface area is 175 Å². The zero-order valence-corrected chi connectivity index (χ0v) is 18.1. The molecule has 2 aromatic carbocycles. The van der Waals surface area contributed by atoms with Crippen molar-refractivity contribution in [2.24, 2.45) is 5.92 Å². The quantitative estimate of drug-likeness (QED) is 0.710. The second kappa shape index (κ2) is 9.80. The average Bonchev–Trinajstić information content (AvgIpc) is 2.91. The molecule has 0 aliphatic carbocycles. The predicted octanol–water partition coefficient (Wildman–Crippen LogP) is 4.89. The standard InChI is InChI=1S/C26H33NS/c1-21-9-10-26-25(18-21)20-23(13-17-28-26)8-5-14-27-15-11-24(12-16-27)19-22-6-3-2-4-7-22/h2-4,6-10,18,24H,5,11-17,19-20H2,1H3/p+1/b23-8-. The van der Waals surface area contributed by atoms with E-state index in [-0.39, 0.29) is 0 Å². The Hall–Kier alpha value is -1.51. The van der Waals surface area contributed by atoms with Crippen molar-refractivity contribution < 1.29 is 4.90 Å². The summed E-state index contributed by atoms with van der Waals surface area (Å²) in [4.78, 5) is 3.32. The van der Waals surface area contributed by atoms with Gasteiger partial charge in [0.05, 0.1) is 19.6 Å². The molecule has 2 aliphatic heterocycles. The van der Waals surface area contributed by atoms with E-state index < -0.39 is 0 Å². The molecule has 2 heterocycles. The molecule has 1 nitrogen and oxygen atoms in total.